The van der Waals surface area contributed by atoms with Gasteiger partial charge in [-0.3, -0.25) is 0 Å². The van der Waals surface area contributed by atoms with Crippen LogP contribution < -0.4 is 0 Å². The monoisotopic (exact) mass is 207 g/mol. The van der Waals surface area contributed by atoms with Crippen LogP contribution in [0.4, 0.5) is 8.78 Å². The fourth-order valence-corrected chi connectivity index (χ4v) is 0.940. The molecule has 5 heteroatoms. The van der Waals surface area contributed by atoms with E-state index in [-0.39, 0.29) is 5.56 Å². The summed E-state index contributed by atoms with van der Waals surface area (Å²) in [6.07, 6.45) is 0. The molecule has 0 amide bonds. The third kappa shape index (κ3) is 2.09. The Kier molecular flexibility index (Phi) is 3.00. The minimum absolute atomic E-state index is 0.324. The van der Waals surface area contributed by atoms with Crippen LogP contribution in [-0.4, -0.2) is 11.1 Å². The number of hydrogen-bond donors (Lipinski definition) is 1. The van der Waals surface area contributed by atoms with E-state index in [0.717, 1.165) is 12.1 Å². The maximum Gasteiger partial charge on any atom is 0.341 e. The quantitative estimate of drug-likeness (QED) is 0.710. The fraction of sp³-hybridized carbons (Fsp3) is 0. The molecular formula is C10H3F2NO2. The van der Waals surface area contributed by atoms with Crippen LogP contribution >= 0.6 is 0 Å². The molecule has 0 spiro atoms. The molecule has 1 aromatic carbocycles. The first-order valence-electron chi connectivity index (χ1n) is 3.69. The number of carbonyl (C=O) groups is 1. The van der Waals surface area contributed by atoms with Gasteiger partial charge in [0.15, 0.2) is 11.9 Å². The topological polar surface area (TPSA) is 61.1 Å². The second kappa shape index (κ2) is 4.21. The first-order valence-corrected chi connectivity index (χ1v) is 3.69. The van der Waals surface area contributed by atoms with Gasteiger partial charge in [-0.25, -0.2) is 13.6 Å². The smallest absolute Gasteiger partial charge is 0.341 e. The maximum atomic E-state index is 13.3. The molecule has 0 atom stereocenters. The Labute approximate surface area is 83.6 Å². The Bertz CT molecular complexity index is 521. The molecular weight excluding hydrogens is 204 g/mol. The summed E-state index contributed by atoms with van der Waals surface area (Å²) in [5.74, 6) is -0.208. The van der Waals surface area contributed by atoms with Gasteiger partial charge in [0.25, 0.3) is 0 Å². The van der Waals surface area contributed by atoms with Crippen LogP contribution in [0.25, 0.3) is 0 Å². The van der Waals surface area contributed by atoms with E-state index in [1.54, 1.807) is 0 Å². The lowest BCUT2D eigenvalue weighted by atomic mass is 10.1. The van der Waals surface area contributed by atoms with Crippen molar-refractivity contribution in [1.29, 1.82) is 5.26 Å². The summed E-state index contributed by atoms with van der Waals surface area (Å²) in [7, 11) is 0. The molecule has 15 heavy (non-hydrogen) atoms. The number of rotatable bonds is 1. The van der Waals surface area contributed by atoms with Crippen LogP contribution in [0.5, 0.6) is 0 Å². The van der Waals surface area contributed by atoms with Crippen LogP contribution in [0.15, 0.2) is 12.1 Å². The molecule has 0 bridgehead atoms. The van der Waals surface area contributed by atoms with E-state index in [4.69, 9.17) is 10.4 Å². The molecule has 0 radical (unpaired) electrons. The van der Waals surface area contributed by atoms with Gasteiger partial charge in [0.05, 0.1) is 5.56 Å². The van der Waals surface area contributed by atoms with Crippen LogP contribution in [0.1, 0.15) is 15.9 Å². The lowest BCUT2D eigenvalue weighted by Crippen LogP contribution is -2.06. The molecule has 0 aliphatic carbocycles. The van der Waals surface area contributed by atoms with Crippen LogP contribution in [-0.2, 0) is 0 Å². The molecule has 3 nitrogen and oxygen atoms in total. The number of halogens is 2. The van der Waals surface area contributed by atoms with Crippen LogP contribution in [0, 0.1) is 34.8 Å². The van der Waals surface area contributed by atoms with Crippen molar-refractivity contribution in [2.75, 3.05) is 0 Å². The number of aromatic carboxylic acids is 1. The van der Waals surface area contributed by atoms with Crippen molar-refractivity contribution in [3.63, 3.8) is 0 Å². The summed E-state index contributed by atoms with van der Waals surface area (Å²) in [5.41, 5.74) is -1.39. The molecule has 0 aliphatic heterocycles. The normalized spacial score (nSPS) is 8.60. The predicted octanol–water partition coefficient (Wildman–Crippen LogP) is 1.54. The van der Waals surface area contributed by atoms with E-state index in [0.29, 0.717) is 0 Å². The number of benzene rings is 1. The lowest BCUT2D eigenvalue weighted by Gasteiger charge is -2.00. The highest BCUT2D eigenvalue weighted by atomic mass is 19.1. The Morgan fingerprint density at radius 1 is 1.40 bits per heavy atom. The first-order chi connectivity index (χ1) is 7.07. The largest absolute Gasteiger partial charge is 0.477 e. The second-order valence-corrected chi connectivity index (χ2v) is 2.45. The van der Waals surface area contributed by atoms with Crippen molar-refractivity contribution in [3.8, 4) is 17.9 Å². The van der Waals surface area contributed by atoms with Gasteiger partial charge >= 0.3 is 5.97 Å². The molecule has 1 rings (SSSR count). The molecule has 0 fully saturated rings. The van der Waals surface area contributed by atoms with Crippen molar-refractivity contribution < 1.29 is 18.7 Å². The number of hydrogen-bond acceptors (Lipinski definition) is 2. The third-order valence-corrected chi connectivity index (χ3v) is 1.56. The van der Waals surface area contributed by atoms with Crippen molar-refractivity contribution in [2.45, 2.75) is 0 Å². The van der Waals surface area contributed by atoms with E-state index in [1.165, 1.54) is 6.07 Å². The molecule has 1 N–H and O–H groups in total. The molecule has 0 heterocycles. The first kappa shape index (κ1) is 10.7. The molecule has 74 valence electrons. The highest BCUT2D eigenvalue weighted by Gasteiger charge is 2.18. The fourth-order valence-electron chi connectivity index (χ4n) is 0.940. The van der Waals surface area contributed by atoms with Gasteiger partial charge in [-0.2, -0.15) is 5.26 Å². The van der Waals surface area contributed by atoms with Gasteiger partial charge in [0.1, 0.15) is 11.4 Å². The minimum atomic E-state index is -1.72. The summed E-state index contributed by atoms with van der Waals surface area (Å²) in [6.45, 7) is 0. The van der Waals surface area contributed by atoms with E-state index in [2.05, 4.69) is 5.92 Å². The Balaban J connectivity index is 3.43. The zero-order valence-corrected chi connectivity index (χ0v) is 7.21. The van der Waals surface area contributed by atoms with Crippen molar-refractivity contribution in [1.82, 2.24) is 0 Å². The van der Waals surface area contributed by atoms with E-state index >= 15 is 0 Å². The van der Waals surface area contributed by atoms with E-state index in [9.17, 15) is 13.6 Å². The van der Waals surface area contributed by atoms with Crippen molar-refractivity contribution >= 4 is 5.97 Å². The summed E-state index contributed by atoms with van der Waals surface area (Å²) in [4.78, 5) is 10.5. The molecule has 1 aromatic rings. The molecule has 0 saturated carbocycles. The van der Waals surface area contributed by atoms with Gasteiger partial charge in [-0.05, 0) is 18.1 Å². The lowest BCUT2D eigenvalue weighted by molar-refractivity contribution is 0.0686. The third-order valence-electron chi connectivity index (χ3n) is 1.56. The molecule has 0 unspecified atom stereocenters. The summed E-state index contributed by atoms with van der Waals surface area (Å²) in [6, 6.07) is 3.20. The number of nitrogens with zero attached hydrogens (tertiary/aromatic N) is 1. The molecule has 0 aliphatic rings. The Hall–Kier alpha value is -2.40. The summed E-state index contributed by atoms with van der Waals surface area (Å²) >= 11 is 0. The SMILES string of the molecule is N#CC#Cc1ccc(F)c(C(=O)O)c1F. The average molecular weight is 207 g/mol. The average Bonchev–Trinajstić information content (AvgIpc) is 2.16. The van der Waals surface area contributed by atoms with Gasteiger partial charge in [-0.15, -0.1) is 0 Å². The Morgan fingerprint density at radius 2 is 2.07 bits per heavy atom. The predicted molar refractivity (Wildman–Crippen MR) is 45.8 cm³/mol. The van der Waals surface area contributed by atoms with Crippen LogP contribution in [0.2, 0.25) is 0 Å². The number of carboxylic acid groups (broad SMARTS) is 1. The Morgan fingerprint density at radius 3 is 2.60 bits per heavy atom. The molecule has 0 aromatic heterocycles. The highest BCUT2D eigenvalue weighted by Crippen LogP contribution is 2.16. The number of nitriles is 1. The highest BCUT2D eigenvalue weighted by molar-refractivity contribution is 5.88. The second-order valence-electron chi connectivity index (χ2n) is 2.45. The summed E-state index contributed by atoms with van der Waals surface area (Å²) in [5, 5.41) is 16.6. The molecule has 0 saturated heterocycles. The number of carboxylic acids is 1. The van der Waals surface area contributed by atoms with E-state index < -0.39 is 23.2 Å². The summed E-state index contributed by atoms with van der Waals surface area (Å²) < 4.78 is 26.1. The standard InChI is InChI=1S/C10H3F2NO2/c11-7-4-3-6(2-1-5-13)9(12)8(7)10(14)15/h3-4H,(H,14,15). The van der Waals surface area contributed by atoms with Crippen molar-refractivity contribution in [2.24, 2.45) is 0 Å². The maximum absolute atomic E-state index is 13.3. The minimum Gasteiger partial charge on any atom is -0.477 e. The van der Waals surface area contributed by atoms with Crippen LogP contribution in [0.3, 0.4) is 0 Å². The zero-order valence-electron chi connectivity index (χ0n) is 7.21. The van der Waals surface area contributed by atoms with Gasteiger partial charge in [-0.1, -0.05) is 0 Å². The van der Waals surface area contributed by atoms with Crippen molar-refractivity contribution in [3.05, 3.63) is 34.9 Å². The van der Waals surface area contributed by atoms with E-state index in [1.807, 2.05) is 5.92 Å². The van der Waals surface area contributed by atoms with Gasteiger partial charge in [0, 0.05) is 5.92 Å². The van der Waals surface area contributed by atoms with Gasteiger partial charge < -0.3 is 5.11 Å². The zero-order chi connectivity index (χ0) is 11.4. The van der Waals surface area contributed by atoms with Gasteiger partial charge in [0.2, 0.25) is 0 Å².